The molecule has 1 aliphatic heterocycles. The van der Waals surface area contributed by atoms with Crippen LogP contribution in [0.1, 0.15) is 65.7 Å². The van der Waals surface area contributed by atoms with Crippen molar-refractivity contribution in [3.63, 3.8) is 0 Å². The quantitative estimate of drug-likeness (QED) is 0.363. The maximum atomic E-state index is 13.2. The topological polar surface area (TPSA) is 41.6 Å². The monoisotopic (exact) mass is 522 g/mol. The van der Waals surface area contributed by atoms with Crippen molar-refractivity contribution in [3.8, 4) is 16.9 Å². The number of nitrogens with one attached hydrogen (secondary N) is 1. The Morgan fingerprint density at radius 3 is 2.59 bits per heavy atom. The fraction of sp³-hybridized carbons (Fsp3) is 0.457. The van der Waals surface area contributed by atoms with E-state index in [1.54, 1.807) is 7.11 Å². The first-order valence-corrected chi connectivity index (χ1v) is 14.8. The summed E-state index contributed by atoms with van der Waals surface area (Å²) in [6.07, 6.45) is 5.94. The minimum absolute atomic E-state index is 0.0350. The lowest BCUT2D eigenvalue weighted by Gasteiger charge is -2.55. The Kier molecular flexibility index (Phi) is 7.01. The molecular weight excluding hydrogens is 480 g/mol. The van der Waals surface area contributed by atoms with Gasteiger partial charge < -0.3 is 10.1 Å². The van der Waals surface area contributed by atoms with Crippen LogP contribution in [0, 0.1) is 18.8 Å². The van der Waals surface area contributed by atoms with Crippen LogP contribution in [0.25, 0.3) is 11.1 Å². The number of aryl methyl sites for hydroxylation is 1. The SMILES string of the molecule is COc1ccc(-c2ccc(CCNC(=O)c3ccc4c(c3)C3(C)CCN(CC5CC5)C(C4)C3C)cc2)c(C)c1. The molecule has 3 aliphatic rings. The molecule has 1 heterocycles. The number of methoxy groups -OCH3 is 1. The Balaban J connectivity index is 1.08. The minimum Gasteiger partial charge on any atom is -0.497 e. The van der Waals surface area contributed by atoms with E-state index in [-0.39, 0.29) is 11.3 Å². The van der Waals surface area contributed by atoms with Crippen LogP contribution in [-0.2, 0) is 18.3 Å². The second-order valence-electron chi connectivity index (χ2n) is 12.4. The predicted octanol–water partition coefficient (Wildman–Crippen LogP) is 6.58. The number of hydrogen-bond donors (Lipinski definition) is 1. The highest BCUT2D eigenvalue weighted by atomic mass is 16.5. The third kappa shape index (κ3) is 5.12. The molecule has 1 amide bonds. The zero-order valence-electron chi connectivity index (χ0n) is 23.9. The van der Waals surface area contributed by atoms with Gasteiger partial charge in [-0.2, -0.15) is 0 Å². The summed E-state index contributed by atoms with van der Waals surface area (Å²) >= 11 is 0. The normalized spacial score (nSPS) is 24.2. The maximum Gasteiger partial charge on any atom is 0.251 e. The summed E-state index contributed by atoms with van der Waals surface area (Å²) in [7, 11) is 1.70. The summed E-state index contributed by atoms with van der Waals surface area (Å²) < 4.78 is 5.34. The summed E-state index contributed by atoms with van der Waals surface area (Å²) in [6, 6.07) is 22.0. The maximum absolute atomic E-state index is 13.2. The van der Waals surface area contributed by atoms with E-state index in [4.69, 9.17) is 4.74 Å². The summed E-state index contributed by atoms with van der Waals surface area (Å²) in [5, 5.41) is 3.18. The number of amides is 1. The summed E-state index contributed by atoms with van der Waals surface area (Å²) in [5.41, 5.74) is 8.64. The average molecular weight is 523 g/mol. The number of likely N-dealkylation sites (tertiary alicyclic amines) is 1. The van der Waals surface area contributed by atoms with Crippen LogP contribution in [0.3, 0.4) is 0 Å². The number of nitrogens with zero attached hydrogens (tertiary/aromatic N) is 1. The highest BCUT2D eigenvalue weighted by Crippen LogP contribution is 2.49. The van der Waals surface area contributed by atoms with Crippen molar-refractivity contribution in [1.82, 2.24) is 10.2 Å². The van der Waals surface area contributed by atoms with Gasteiger partial charge in [-0.1, -0.05) is 50.2 Å². The zero-order chi connectivity index (χ0) is 27.1. The molecule has 4 heteroatoms. The van der Waals surface area contributed by atoms with Crippen molar-refractivity contribution in [2.45, 2.75) is 64.3 Å². The van der Waals surface area contributed by atoms with E-state index in [0.717, 1.165) is 30.1 Å². The van der Waals surface area contributed by atoms with Crippen LogP contribution >= 0.6 is 0 Å². The molecule has 3 aromatic rings. The molecule has 3 atom stereocenters. The third-order valence-corrected chi connectivity index (χ3v) is 9.97. The number of carbonyl (C=O) groups excluding carboxylic acids is 1. The third-order valence-electron chi connectivity index (χ3n) is 9.97. The Bertz CT molecular complexity index is 1360. The average Bonchev–Trinajstić information content (AvgIpc) is 3.77. The van der Waals surface area contributed by atoms with E-state index in [2.05, 4.69) is 79.5 Å². The fourth-order valence-corrected chi connectivity index (χ4v) is 7.07. The van der Waals surface area contributed by atoms with E-state index in [9.17, 15) is 4.79 Å². The summed E-state index contributed by atoms with van der Waals surface area (Å²) in [6.45, 7) is 10.1. The molecule has 2 aliphatic carbocycles. The highest BCUT2D eigenvalue weighted by molar-refractivity contribution is 5.94. The van der Waals surface area contributed by atoms with Crippen molar-refractivity contribution in [3.05, 3.63) is 88.5 Å². The number of piperidine rings is 1. The van der Waals surface area contributed by atoms with E-state index in [0.29, 0.717) is 18.5 Å². The molecule has 204 valence electrons. The summed E-state index contributed by atoms with van der Waals surface area (Å²) in [5.74, 6) is 2.46. The zero-order valence-corrected chi connectivity index (χ0v) is 23.9. The molecule has 2 fully saturated rings. The molecule has 0 radical (unpaired) electrons. The first-order chi connectivity index (χ1) is 18.9. The first-order valence-electron chi connectivity index (χ1n) is 14.8. The molecule has 4 nitrogen and oxygen atoms in total. The molecule has 3 unspecified atom stereocenters. The second kappa shape index (κ2) is 10.5. The molecule has 0 spiro atoms. The Morgan fingerprint density at radius 2 is 1.87 bits per heavy atom. The molecule has 3 aromatic carbocycles. The molecule has 2 bridgehead atoms. The lowest BCUT2D eigenvalue weighted by molar-refractivity contribution is 0.0284. The van der Waals surface area contributed by atoms with Crippen LogP contribution in [0.4, 0.5) is 0 Å². The number of fused-ring (bicyclic) bond motifs is 4. The van der Waals surface area contributed by atoms with Crippen molar-refractivity contribution in [2.24, 2.45) is 11.8 Å². The largest absolute Gasteiger partial charge is 0.497 e. The second-order valence-corrected chi connectivity index (χ2v) is 12.4. The van der Waals surface area contributed by atoms with Crippen LogP contribution in [0.5, 0.6) is 5.75 Å². The number of ether oxygens (including phenoxy) is 1. The van der Waals surface area contributed by atoms with Gasteiger partial charge in [0.1, 0.15) is 5.75 Å². The number of rotatable bonds is 8. The Hall–Kier alpha value is -3.11. The van der Waals surface area contributed by atoms with Crippen LogP contribution < -0.4 is 10.1 Å². The molecule has 1 saturated carbocycles. The van der Waals surface area contributed by atoms with Gasteiger partial charge in [0.15, 0.2) is 0 Å². The Labute approximate surface area is 233 Å². The number of benzene rings is 3. The van der Waals surface area contributed by atoms with Gasteiger partial charge in [-0.25, -0.2) is 0 Å². The lowest BCUT2D eigenvalue weighted by Crippen LogP contribution is -2.58. The standard InChI is InChI=1S/C35H42N2O2/c1-23-19-30(39-4)13-14-31(23)27-9-7-25(8-10-27)15-17-36-34(38)29-12-11-28-21-33-24(2)35(3,32(28)20-29)16-18-37(33)22-26-5-6-26/h7-14,19-20,24,26,33H,5-6,15-18,21-22H2,1-4H3,(H,36,38). The van der Waals surface area contributed by atoms with Crippen LogP contribution in [0.2, 0.25) is 0 Å². The first kappa shape index (κ1) is 26.1. The lowest BCUT2D eigenvalue weighted by atomic mass is 9.59. The van der Waals surface area contributed by atoms with Crippen LogP contribution in [-0.4, -0.2) is 43.6 Å². The van der Waals surface area contributed by atoms with Gasteiger partial charge >= 0.3 is 0 Å². The molecule has 1 saturated heterocycles. The molecular formula is C35H42N2O2. The van der Waals surface area contributed by atoms with Gasteiger partial charge in [0.25, 0.3) is 5.91 Å². The van der Waals surface area contributed by atoms with Crippen LogP contribution in [0.15, 0.2) is 60.7 Å². The van der Waals surface area contributed by atoms with Crippen molar-refractivity contribution in [2.75, 3.05) is 26.7 Å². The van der Waals surface area contributed by atoms with Gasteiger partial charge in [0, 0.05) is 24.7 Å². The van der Waals surface area contributed by atoms with Gasteiger partial charge in [-0.05, 0) is 120 Å². The molecule has 39 heavy (non-hydrogen) atoms. The van der Waals surface area contributed by atoms with Gasteiger partial charge in [0.05, 0.1) is 7.11 Å². The highest BCUT2D eigenvalue weighted by Gasteiger charge is 2.49. The van der Waals surface area contributed by atoms with E-state index in [1.165, 1.54) is 65.7 Å². The number of carbonyl (C=O) groups is 1. The summed E-state index contributed by atoms with van der Waals surface area (Å²) in [4.78, 5) is 15.9. The van der Waals surface area contributed by atoms with E-state index < -0.39 is 0 Å². The van der Waals surface area contributed by atoms with E-state index in [1.807, 2.05) is 12.1 Å². The smallest absolute Gasteiger partial charge is 0.251 e. The molecule has 1 N–H and O–H groups in total. The Morgan fingerprint density at radius 1 is 1.08 bits per heavy atom. The molecule has 0 aromatic heterocycles. The number of hydrogen-bond acceptors (Lipinski definition) is 3. The van der Waals surface area contributed by atoms with Crippen molar-refractivity contribution in [1.29, 1.82) is 0 Å². The van der Waals surface area contributed by atoms with Gasteiger partial charge in [-0.3, -0.25) is 9.69 Å². The predicted molar refractivity (Wildman–Crippen MR) is 159 cm³/mol. The van der Waals surface area contributed by atoms with E-state index >= 15 is 0 Å². The van der Waals surface area contributed by atoms with Crippen molar-refractivity contribution >= 4 is 5.91 Å². The van der Waals surface area contributed by atoms with Gasteiger partial charge in [-0.15, -0.1) is 0 Å². The molecule has 6 rings (SSSR count). The fourth-order valence-electron chi connectivity index (χ4n) is 7.07. The minimum atomic E-state index is 0.0350. The van der Waals surface area contributed by atoms with Gasteiger partial charge in [0.2, 0.25) is 0 Å². The van der Waals surface area contributed by atoms with Crippen molar-refractivity contribution < 1.29 is 9.53 Å².